The van der Waals surface area contributed by atoms with Crippen LogP contribution in [0.5, 0.6) is 5.75 Å². The lowest BCUT2D eigenvalue weighted by Gasteiger charge is -2.43. The fourth-order valence-corrected chi connectivity index (χ4v) is 11.1. The molecule has 2 saturated carbocycles. The normalized spacial score (nSPS) is 28.6. The van der Waals surface area contributed by atoms with Crippen molar-refractivity contribution in [2.45, 2.75) is 36.1 Å². The van der Waals surface area contributed by atoms with Gasteiger partial charge in [-0.15, -0.1) is 11.8 Å². The predicted octanol–water partition coefficient (Wildman–Crippen LogP) is 6.79. The van der Waals surface area contributed by atoms with Gasteiger partial charge in [0.1, 0.15) is 18.2 Å². The molecule has 4 aromatic rings. The highest BCUT2D eigenvalue weighted by molar-refractivity contribution is 8.00. The number of nitrogens with zero attached hydrogens (tertiary/aromatic N) is 1. The topological polar surface area (TPSA) is 79.5 Å². The number of rotatable bonds is 5. The summed E-state index contributed by atoms with van der Waals surface area (Å²) in [6.07, 6.45) is 0.766. The second-order valence-corrected chi connectivity index (χ2v) is 14.5. The summed E-state index contributed by atoms with van der Waals surface area (Å²) in [6, 6.07) is 19.3. The van der Waals surface area contributed by atoms with E-state index in [-0.39, 0.29) is 45.6 Å². The van der Waals surface area contributed by atoms with Crippen LogP contribution in [0.25, 0.3) is 0 Å². The molecule has 2 aliphatic carbocycles. The molecule has 8 rings (SSSR count). The first-order valence-electron chi connectivity index (χ1n) is 14.3. The lowest BCUT2D eigenvalue weighted by molar-refractivity contribution is -0.123. The van der Waals surface area contributed by atoms with Gasteiger partial charge in [0, 0.05) is 26.6 Å². The van der Waals surface area contributed by atoms with Crippen LogP contribution in [-0.2, 0) is 16.2 Å². The third kappa shape index (κ3) is 4.23. The zero-order valence-corrected chi connectivity index (χ0v) is 25.3. The highest BCUT2D eigenvalue weighted by atomic mass is 35.5. The van der Waals surface area contributed by atoms with E-state index in [1.54, 1.807) is 11.8 Å². The van der Waals surface area contributed by atoms with Crippen LogP contribution in [0.1, 0.15) is 33.9 Å². The summed E-state index contributed by atoms with van der Waals surface area (Å²) in [5, 5.41) is 1.41. The molecule has 3 heterocycles. The number of thioether (sulfide) groups is 1. The molecule has 0 spiro atoms. The van der Waals surface area contributed by atoms with Gasteiger partial charge in [0.2, 0.25) is 11.8 Å². The summed E-state index contributed by atoms with van der Waals surface area (Å²) in [6.45, 7) is 2.42. The molecular weight excluding hydrogens is 607 g/mol. The van der Waals surface area contributed by atoms with Gasteiger partial charge < -0.3 is 9.72 Å². The van der Waals surface area contributed by atoms with Gasteiger partial charge in [-0.05, 0) is 79.1 Å². The standard InChI is InChI=1S/C33H26ClFN2O4S2/c1-15-3-2-4-16(11-15)14-41-23-10-5-17(34)12-20(23)24-25-21-13-22(28(25)42-30-29(24)43-33(40)36-30)27-26(21)31(38)37(32(27)39)19-8-6-18(35)7-9-19/h2-12,21-22,24-28H,13-14H2,1H3,(H,36,40)/t21?,22?,24-,25?,26?,27?,28?/m1/s1. The predicted molar refractivity (Wildman–Crippen MR) is 164 cm³/mol. The van der Waals surface area contributed by atoms with Crippen molar-refractivity contribution in [1.82, 2.24) is 4.98 Å². The van der Waals surface area contributed by atoms with Gasteiger partial charge in [-0.3, -0.25) is 19.3 Å². The van der Waals surface area contributed by atoms with Crippen LogP contribution in [-0.4, -0.2) is 22.0 Å². The molecule has 2 amide bonds. The van der Waals surface area contributed by atoms with Crippen LogP contribution in [0.3, 0.4) is 0 Å². The minimum absolute atomic E-state index is 0.0000887. The Morgan fingerprint density at radius 2 is 1.77 bits per heavy atom. The maximum Gasteiger partial charge on any atom is 0.305 e. The van der Waals surface area contributed by atoms with Crippen LogP contribution in [0.2, 0.25) is 5.02 Å². The molecule has 7 atom stereocenters. The van der Waals surface area contributed by atoms with Gasteiger partial charge in [0.05, 0.1) is 22.5 Å². The van der Waals surface area contributed by atoms with Crippen molar-refractivity contribution in [1.29, 1.82) is 0 Å². The van der Waals surface area contributed by atoms with Crippen molar-refractivity contribution < 1.29 is 18.7 Å². The van der Waals surface area contributed by atoms with E-state index >= 15 is 0 Å². The first-order valence-corrected chi connectivity index (χ1v) is 16.4. The van der Waals surface area contributed by atoms with E-state index in [0.29, 0.717) is 23.1 Å². The van der Waals surface area contributed by atoms with Gasteiger partial charge >= 0.3 is 4.87 Å². The summed E-state index contributed by atoms with van der Waals surface area (Å²) in [5.41, 5.74) is 3.49. The number of imide groups is 1. The van der Waals surface area contributed by atoms with Crippen LogP contribution in [0, 0.1) is 42.3 Å². The Morgan fingerprint density at radius 1 is 1.00 bits per heavy atom. The SMILES string of the molecule is Cc1cccc(COc2ccc(Cl)cc2[C@H]2c3sc(=O)[nH]c3SC3C4CC(C5C(=O)N(c6ccc(F)cc6)C(=O)C45)C32)c1. The number of amides is 2. The molecule has 3 fully saturated rings. The molecule has 1 saturated heterocycles. The summed E-state index contributed by atoms with van der Waals surface area (Å²) in [7, 11) is 0. The van der Waals surface area contributed by atoms with Crippen LogP contribution in [0.15, 0.2) is 76.6 Å². The third-order valence-corrected chi connectivity index (χ3v) is 12.4. The second kappa shape index (κ2) is 10.1. The molecule has 4 aliphatic rings. The first kappa shape index (κ1) is 27.2. The monoisotopic (exact) mass is 632 g/mol. The smallest absolute Gasteiger partial charge is 0.305 e. The number of thiazole rings is 1. The van der Waals surface area contributed by atoms with Crippen molar-refractivity contribution in [3.05, 3.63) is 109 Å². The van der Waals surface area contributed by atoms with Gasteiger partial charge in [0.25, 0.3) is 0 Å². The molecule has 2 bridgehead atoms. The quantitative estimate of drug-likeness (QED) is 0.245. The van der Waals surface area contributed by atoms with Crippen LogP contribution >= 0.6 is 34.7 Å². The Hall–Kier alpha value is -3.40. The van der Waals surface area contributed by atoms with Crippen LogP contribution in [0.4, 0.5) is 10.1 Å². The summed E-state index contributed by atoms with van der Waals surface area (Å²) < 4.78 is 20.1. The number of aromatic amines is 1. The van der Waals surface area contributed by atoms with Gasteiger partial charge in [-0.2, -0.15) is 0 Å². The Kier molecular flexibility index (Phi) is 6.37. The Bertz CT molecular complexity index is 1860. The number of halogens is 2. The molecule has 3 aromatic carbocycles. The molecule has 6 unspecified atom stereocenters. The Labute approximate surface area is 260 Å². The van der Waals surface area contributed by atoms with Crippen molar-refractivity contribution >= 4 is 52.2 Å². The highest BCUT2D eigenvalue weighted by Gasteiger charge is 2.69. The van der Waals surface area contributed by atoms with Crippen LogP contribution < -0.4 is 14.5 Å². The maximum absolute atomic E-state index is 14.0. The second-order valence-electron chi connectivity index (χ2n) is 11.9. The van der Waals surface area contributed by atoms with E-state index in [0.717, 1.165) is 33.0 Å². The van der Waals surface area contributed by atoms with Crippen molar-refractivity contribution in [2.75, 3.05) is 4.90 Å². The zero-order chi connectivity index (χ0) is 29.6. The summed E-state index contributed by atoms with van der Waals surface area (Å²) in [5.74, 6) is -1.36. The average Bonchev–Trinajstić information content (AvgIpc) is 3.72. The molecule has 218 valence electrons. The van der Waals surface area contributed by atoms with Crippen molar-refractivity contribution in [2.24, 2.45) is 29.6 Å². The number of benzene rings is 3. The van der Waals surface area contributed by atoms with E-state index in [9.17, 15) is 18.8 Å². The average molecular weight is 633 g/mol. The number of ether oxygens (including phenoxy) is 1. The highest BCUT2D eigenvalue weighted by Crippen LogP contribution is 2.69. The first-order chi connectivity index (χ1) is 20.8. The third-order valence-electron chi connectivity index (χ3n) is 9.59. The van der Waals surface area contributed by atoms with Crippen molar-refractivity contribution in [3.63, 3.8) is 0 Å². The van der Waals surface area contributed by atoms with E-state index in [1.807, 2.05) is 43.3 Å². The minimum Gasteiger partial charge on any atom is -0.489 e. The van der Waals surface area contributed by atoms with Gasteiger partial charge in [-0.1, -0.05) is 52.8 Å². The Balaban J connectivity index is 1.20. The maximum atomic E-state index is 14.0. The van der Waals surface area contributed by atoms with E-state index in [2.05, 4.69) is 11.1 Å². The minimum atomic E-state index is -0.458. The number of fused-ring (bicyclic) bond motifs is 9. The number of aromatic nitrogens is 1. The van der Waals surface area contributed by atoms with E-state index in [1.165, 1.54) is 40.5 Å². The molecule has 6 nitrogen and oxygen atoms in total. The van der Waals surface area contributed by atoms with Gasteiger partial charge in [-0.25, -0.2) is 4.39 Å². The molecular formula is C33H26ClFN2O4S2. The van der Waals surface area contributed by atoms with Gasteiger partial charge in [0.15, 0.2) is 0 Å². The number of aryl methyl sites for hydroxylation is 1. The molecule has 0 radical (unpaired) electrons. The molecule has 1 aromatic heterocycles. The van der Waals surface area contributed by atoms with Crippen molar-refractivity contribution in [3.8, 4) is 5.75 Å². The number of carbonyl (C=O) groups excluding carboxylic acids is 2. The number of H-pyrrole nitrogens is 1. The van der Waals surface area contributed by atoms with E-state index < -0.39 is 17.7 Å². The fourth-order valence-electron chi connectivity index (χ4n) is 8.07. The largest absolute Gasteiger partial charge is 0.489 e. The summed E-state index contributed by atoms with van der Waals surface area (Å²) in [4.78, 5) is 45.6. The lowest BCUT2D eigenvalue weighted by Crippen LogP contribution is -2.42. The zero-order valence-electron chi connectivity index (χ0n) is 23.0. The molecule has 10 heteroatoms. The molecule has 2 aliphatic heterocycles. The number of anilines is 1. The number of hydrogen-bond donors (Lipinski definition) is 1. The fraction of sp³-hybridized carbons (Fsp3) is 0.303. The Morgan fingerprint density at radius 3 is 2.53 bits per heavy atom. The number of carbonyl (C=O) groups is 2. The number of nitrogens with one attached hydrogen (secondary N) is 1. The number of hydrogen-bond acceptors (Lipinski definition) is 6. The molecule has 43 heavy (non-hydrogen) atoms. The lowest BCUT2D eigenvalue weighted by atomic mass is 9.68. The van der Waals surface area contributed by atoms with E-state index in [4.69, 9.17) is 16.3 Å². The molecule has 1 N–H and O–H groups in total. The summed E-state index contributed by atoms with van der Waals surface area (Å²) >= 11 is 9.43.